The first kappa shape index (κ1) is 13.6. The topological polar surface area (TPSA) is 60.2 Å². The number of nitrogens with one attached hydrogen (secondary N) is 1. The summed E-state index contributed by atoms with van der Waals surface area (Å²) in [6, 6.07) is 3.70. The van der Waals surface area contributed by atoms with E-state index < -0.39 is 0 Å². The molecular weight excluding hydrogens is 214 g/mol. The number of hydrogen-bond acceptors (Lipinski definition) is 4. The lowest BCUT2D eigenvalue weighted by Crippen LogP contribution is -2.13. The number of nitrogen functional groups attached to an aromatic ring is 1. The molecule has 0 aromatic carbocycles. The first-order chi connectivity index (χ1) is 8.02. The highest BCUT2D eigenvalue weighted by Gasteiger charge is 2.07. The molecule has 1 aromatic heterocycles. The molecule has 0 aliphatic heterocycles. The molecule has 96 valence electrons. The zero-order valence-corrected chi connectivity index (χ0v) is 11.2. The summed E-state index contributed by atoms with van der Waals surface area (Å²) < 4.78 is 5.54. The van der Waals surface area contributed by atoms with Crippen molar-refractivity contribution in [3.63, 3.8) is 0 Å². The zero-order valence-electron chi connectivity index (χ0n) is 11.2. The molecule has 1 rings (SSSR count). The lowest BCUT2D eigenvalue weighted by molar-refractivity contribution is 0.234. The van der Waals surface area contributed by atoms with E-state index in [1.807, 2.05) is 26.0 Å². The first-order valence-corrected chi connectivity index (χ1v) is 6.20. The first-order valence-electron chi connectivity index (χ1n) is 6.20. The summed E-state index contributed by atoms with van der Waals surface area (Å²) in [7, 11) is 0. The molecule has 0 amide bonds. The van der Waals surface area contributed by atoms with E-state index in [1.54, 1.807) is 0 Å². The number of rotatable bonds is 6. The molecule has 4 nitrogen and oxygen atoms in total. The lowest BCUT2D eigenvalue weighted by atomic mass is 10.1. The second-order valence-electron chi connectivity index (χ2n) is 4.65. The fourth-order valence-electron chi connectivity index (χ4n) is 1.29. The van der Waals surface area contributed by atoms with Gasteiger partial charge in [-0.15, -0.1) is 0 Å². The average Bonchev–Trinajstić information content (AvgIpc) is 2.29. The van der Waals surface area contributed by atoms with Crippen molar-refractivity contribution in [3.8, 4) is 5.88 Å². The maximum atomic E-state index is 5.80. The molecule has 1 heterocycles. The number of anilines is 2. The van der Waals surface area contributed by atoms with Crippen LogP contribution in [0.3, 0.4) is 0 Å². The van der Waals surface area contributed by atoms with E-state index in [0.29, 0.717) is 17.5 Å². The third-order valence-corrected chi connectivity index (χ3v) is 2.57. The fraction of sp³-hybridized carbons (Fsp3) is 0.615. The zero-order chi connectivity index (χ0) is 12.8. The van der Waals surface area contributed by atoms with Gasteiger partial charge in [-0.05, 0) is 31.9 Å². The van der Waals surface area contributed by atoms with Crippen molar-refractivity contribution in [2.24, 2.45) is 5.92 Å². The molecule has 0 aliphatic carbocycles. The maximum Gasteiger partial charge on any atom is 0.239 e. The van der Waals surface area contributed by atoms with Gasteiger partial charge in [-0.3, -0.25) is 0 Å². The molecule has 0 fully saturated rings. The highest BCUT2D eigenvalue weighted by atomic mass is 16.5. The van der Waals surface area contributed by atoms with Gasteiger partial charge in [0.05, 0.1) is 11.8 Å². The number of nitrogens with zero attached hydrogens (tertiary/aromatic N) is 1. The van der Waals surface area contributed by atoms with Gasteiger partial charge in [0.1, 0.15) is 5.82 Å². The normalized spacial score (nSPS) is 12.5. The van der Waals surface area contributed by atoms with Crippen LogP contribution in [0.1, 0.15) is 34.1 Å². The molecule has 0 saturated carbocycles. The van der Waals surface area contributed by atoms with Gasteiger partial charge in [0, 0.05) is 6.54 Å². The van der Waals surface area contributed by atoms with Crippen LogP contribution in [0, 0.1) is 5.92 Å². The molecule has 0 spiro atoms. The monoisotopic (exact) mass is 237 g/mol. The number of pyridine rings is 1. The second kappa shape index (κ2) is 6.33. The van der Waals surface area contributed by atoms with E-state index in [9.17, 15) is 0 Å². The van der Waals surface area contributed by atoms with E-state index >= 15 is 0 Å². The van der Waals surface area contributed by atoms with Crippen molar-refractivity contribution in [1.82, 2.24) is 4.98 Å². The van der Waals surface area contributed by atoms with Gasteiger partial charge in [0.25, 0.3) is 0 Å². The van der Waals surface area contributed by atoms with Crippen LogP contribution in [0.25, 0.3) is 0 Å². The Kier molecular flexibility index (Phi) is 5.07. The summed E-state index contributed by atoms with van der Waals surface area (Å²) >= 11 is 0. The summed E-state index contributed by atoms with van der Waals surface area (Å²) in [4.78, 5) is 4.36. The van der Waals surface area contributed by atoms with Crippen LogP contribution in [0.15, 0.2) is 12.1 Å². The molecule has 1 aromatic rings. The van der Waals surface area contributed by atoms with E-state index in [-0.39, 0.29) is 6.10 Å². The number of ether oxygens (including phenoxy) is 1. The highest BCUT2D eigenvalue weighted by Crippen LogP contribution is 2.22. The summed E-state index contributed by atoms with van der Waals surface area (Å²) in [6.45, 7) is 9.21. The summed E-state index contributed by atoms with van der Waals surface area (Å²) in [5, 5.41) is 3.29. The second-order valence-corrected chi connectivity index (χ2v) is 4.65. The van der Waals surface area contributed by atoms with Crippen LogP contribution in [0.2, 0.25) is 0 Å². The van der Waals surface area contributed by atoms with E-state index in [1.165, 1.54) is 0 Å². The van der Waals surface area contributed by atoms with Crippen molar-refractivity contribution in [1.29, 1.82) is 0 Å². The van der Waals surface area contributed by atoms with Gasteiger partial charge in [-0.25, -0.2) is 0 Å². The minimum absolute atomic E-state index is 0.0783. The van der Waals surface area contributed by atoms with Crippen LogP contribution in [0.4, 0.5) is 11.5 Å². The minimum atomic E-state index is 0.0783. The Labute approximate surface area is 104 Å². The van der Waals surface area contributed by atoms with Crippen LogP contribution >= 0.6 is 0 Å². The predicted octanol–water partition coefficient (Wildman–Crippen LogP) is 2.91. The molecule has 0 radical (unpaired) electrons. The van der Waals surface area contributed by atoms with Crippen LogP contribution in [-0.4, -0.2) is 17.6 Å². The Morgan fingerprint density at radius 3 is 2.65 bits per heavy atom. The van der Waals surface area contributed by atoms with E-state index in [4.69, 9.17) is 10.5 Å². The van der Waals surface area contributed by atoms with Crippen LogP contribution in [0.5, 0.6) is 5.88 Å². The van der Waals surface area contributed by atoms with Gasteiger partial charge in [0.2, 0.25) is 5.88 Å². The van der Waals surface area contributed by atoms with Gasteiger partial charge in [0.15, 0.2) is 0 Å². The van der Waals surface area contributed by atoms with Crippen molar-refractivity contribution < 1.29 is 4.74 Å². The summed E-state index contributed by atoms with van der Waals surface area (Å²) in [6.07, 6.45) is 1.23. The number of nitrogens with two attached hydrogens (primary N) is 1. The molecule has 4 heteroatoms. The van der Waals surface area contributed by atoms with Gasteiger partial charge in [-0.1, -0.05) is 20.3 Å². The van der Waals surface area contributed by atoms with Gasteiger partial charge >= 0.3 is 0 Å². The third-order valence-electron chi connectivity index (χ3n) is 2.57. The summed E-state index contributed by atoms with van der Waals surface area (Å²) in [5.74, 6) is 1.95. The quantitative estimate of drug-likeness (QED) is 0.798. The van der Waals surface area contributed by atoms with Crippen LogP contribution in [-0.2, 0) is 0 Å². The van der Waals surface area contributed by atoms with Crippen LogP contribution < -0.4 is 15.8 Å². The fourth-order valence-corrected chi connectivity index (χ4v) is 1.29. The lowest BCUT2D eigenvalue weighted by Gasteiger charge is -2.14. The molecule has 0 bridgehead atoms. The molecular formula is C13H23N3O. The van der Waals surface area contributed by atoms with Gasteiger partial charge < -0.3 is 15.8 Å². The van der Waals surface area contributed by atoms with Crippen molar-refractivity contribution in [2.75, 3.05) is 17.6 Å². The Bertz CT molecular complexity index is 353. The predicted molar refractivity (Wildman–Crippen MR) is 72.4 cm³/mol. The maximum absolute atomic E-state index is 5.80. The molecule has 3 N–H and O–H groups in total. The summed E-state index contributed by atoms with van der Waals surface area (Å²) in [5.41, 5.74) is 6.38. The van der Waals surface area contributed by atoms with E-state index in [0.717, 1.165) is 18.8 Å². The highest BCUT2D eigenvalue weighted by molar-refractivity contribution is 5.53. The smallest absolute Gasteiger partial charge is 0.239 e. The largest absolute Gasteiger partial charge is 0.473 e. The minimum Gasteiger partial charge on any atom is -0.473 e. The third kappa shape index (κ3) is 4.51. The van der Waals surface area contributed by atoms with Crippen molar-refractivity contribution in [3.05, 3.63) is 12.1 Å². The Morgan fingerprint density at radius 1 is 1.35 bits per heavy atom. The Morgan fingerprint density at radius 2 is 2.06 bits per heavy atom. The molecule has 0 aliphatic rings. The molecule has 1 atom stereocenters. The number of aromatic nitrogens is 1. The Balaban J connectivity index is 2.67. The molecule has 1 unspecified atom stereocenters. The van der Waals surface area contributed by atoms with Gasteiger partial charge in [-0.2, -0.15) is 4.98 Å². The standard InChI is InChI=1S/C13H23N3O/c1-5-10(4)8-15-12-7-6-11(14)13(16-12)17-9(2)3/h6-7,9-10H,5,8,14H2,1-4H3,(H,15,16). The van der Waals surface area contributed by atoms with Crippen molar-refractivity contribution in [2.45, 2.75) is 40.2 Å². The average molecular weight is 237 g/mol. The van der Waals surface area contributed by atoms with E-state index in [2.05, 4.69) is 24.1 Å². The molecule has 17 heavy (non-hydrogen) atoms. The Hall–Kier alpha value is -1.45. The number of hydrogen-bond donors (Lipinski definition) is 2. The SMILES string of the molecule is CCC(C)CNc1ccc(N)c(OC(C)C)n1. The van der Waals surface area contributed by atoms with Crippen molar-refractivity contribution >= 4 is 11.5 Å². The molecule has 0 saturated heterocycles.